The lowest BCUT2D eigenvalue weighted by Gasteiger charge is -2.28. The molecule has 0 aliphatic rings. The van der Waals surface area contributed by atoms with Gasteiger partial charge in [0.2, 0.25) is 0 Å². The number of carbonyl (C=O) groups is 1. The van der Waals surface area contributed by atoms with Crippen molar-refractivity contribution in [3.8, 4) is 0 Å². The Balaban J connectivity index is 1.58. The molecule has 6 heteroatoms. The molecule has 4 aromatic rings. The van der Waals surface area contributed by atoms with Crippen LogP contribution in [0.4, 0.5) is 4.39 Å². The molecule has 0 saturated heterocycles. The van der Waals surface area contributed by atoms with Crippen LogP contribution in [-0.4, -0.2) is 32.1 Å². The number of halogens is 1. The summed E-state index contributed by atoms with van der Waals surface area (Å²) in [6.07, 6.45) is 3.34. The van der Waals surface area contributed by atoms with Crippen molar-refractivity contribution in [1.29, 1.82) is 0 Å². The average Bonchev–Trinajstić information content (AvgIpc) is 3.17. The fraction of sp³-hybridized carbons (Fsp3) is 0.208. The molecule has 1 atom stereocenters. The number of fused-ring (bicyclic) bond motifs is 1. The maximum absolute atomic E-state index is 13.2. The SMILES string of the molecule is CCN(C(=O)c1cnc2c(cnn2Cc2ccccc2)c1)C(C)c1ccc(F)cc1. The van der Waals surface area contributed by atoms with Crippen LogP contribution in [0.25, 0.3) is 11.0 Å². The number of hydrogen-bond donors (Lipinski definition) is 0. The van der Waals surface area contributed by atoms with Gasteiger partial charge in [-0.15, -0.1) is 0 Å². The second-order valence-electron chi connectivity index (χ2n) is 7.24. The summed E-state index contributed by atoms with van der Waals surface area (Å²) in [7, 11) is 0. The van der Waals surface area contributed by atoms with Crippen LogP contribution in [0.3, 0.4) is 0 Å². The minimum absolute atomic E-state index is 0.112. The number of aromatic nitrogens is 3. The highest BCUT2D eigenvalue weighted by Crippen LogP contribution is 2.23. The van der Waals surface area contributed by atoms with Gasteiger partial charge in [-0.1, -0.05) is 42.5 Å². The van der Waals surface area contributed by atoms with Crippen molar-refractivity contribution in [2.24, 2.45) is 0 Å². The molecule has 2 heterocycles. The molecule has 5 nitrogen and oxygen atoms in total. The molecule has 2 aromatic heterocycles. The molecular formula is C24H23FN4O. The van der Waals surface area contributed by atoms with Gasteiger partial charge in [0.1, 0.15) is 5.82 Å². The molecule has 1 unspecified atom stereocenters. The molecule has 0 fully saturated rings. The monoisotopic (exact) mass is 402 g/mol. The third-order valence-electron chi connectivity index (χ3n) is 5.32. The minimum atomic E-state index is -0.289. The van der Waals surface area contributed by atoms with Gasteiger partial charge in [0, 0.05) is 18.1 Å². The number of amides is 1. The maximum Gasteiger partial charge on any atom is 0.255 e. The first-order chi connectivity index (χ1) is 14.6. The van der Waals surface area contributed by atoms with Gasteiger partial charge in [-0.25, -0.2) is 14.1 Å². The van der Waals surface area contributed by atoms with E-state index in [4.69, 9.17) is 0 Å². The van der Waals surface area contributed by atoms with E-state index < -0.39 is 0 Å². The Labute approximate surface area is 174 Å². The summed E-state index contributed by atoms with van der Waals surface area (Å²) in [5, 5.41) is 5.26. The van der Waals surface area contributed by atoms with Crippen LogP contribution < -0.4 is 0 Å². The lowest BCUT2D eigenvalue weighted by Crippen LogP contribution is -2.33. The summed E-state index contributed by atoms with van der Waals surface area (Å²) in [5.41, 5.74) is 3.27. The number of nitrogens with zero attached hydrogens (tertiary/aromatic N) is 4. The Morgan fingerprint density at radius 1 is 1.10 bits per heavy atom. The Morgan fingerprint density at radius 3 is 2.53 bits per heavy atom. The molecule has 0 saturated carbocycles. The smallest absolute Gasteiger partial charge is 0.255 e. The van der Waals surface area contributed by atoms with Crippen LogP contribution in [0, 0.1) is 5.82 Å². The molecular weight excluding hydrogens is 379 g/mol. The first-order valence-corrected chi connectivity index (χ1v) is 9.98. The van der Waals surface area contributed by atoms with Crippen molar-refractivity contribution in [3.63, 3.8) is 0 Å². The van der Waals surface area contributed by atoms with Crippen LogP contribution in [0.15, 0.2) is 73.1 Å². The van der Waals surface area contributed by atoms with E-state index in [0.29, 0.717) is 18.7 Å². The van der Waals surface area contributed by atoms with Gasteiger partial charge in [-0.2, -0.15) is 5.10 Å². The van der Waals surface area contributed by atoms with Gasteiger partial charge in [0.15, 0.2) is 5.65 Å². The van der Waals surface area contributed by atoms with E-state index >= 15 is 0 Å². The Kier molecular flexibility index (Phi) is 5.57. The van der Waals surface area contributed by atoms with E-state index in [0.717, 1.165) is 22.2 Å². The molecule has 0 spiro atoms. The van der Waals surface area contributed by atoms with E-state index in [1.165, 1.54) is 12.1 Å². The fourth-order valence-electron chi connectivity index (χ4n) is 3.64. The number of benzene rings is 2. The second kappa shape index (κ2) is 8.45. The van der Waals surface area contributed by atoms with E-state index in [1.54, 1.807) is 29.4 Å². The Morgan fingerprint density at radius 2 is 1.83 bits per heavy atom. The van der Waals surface area contributed by atoms with E-state index in [2.05, 4.69) is 10.1 Å². The second-order valence-corrected chi connectivity index (χ2v) is 7.24. The molecule has 30 heavy (non-hydrogen) atoms. The maximum atomic E-state index is 13.2. The van der Waals surface area contributed by atoms with Crippen molar-refractivity contribution in [1.82, 2.24) is 19.7 Å². The van der Waals surface area contributed by atoms with Crippen LogP contribution in [-0.2, 0) is 6.54 Å². The van der Waals surface area contributed by atoms with E-state index in [1.807, 2.05) is 54.9 Å². The fourth-order valence-corrected chi connectivity index (χ4v) is 3.64. The summed E-state index contributed by atoms with van der Waals surface area (Å²) >= 11 is 0. The van der Waals surface area contributed by atoms with Crippen molar-refractivity contribution in [2.75, 3.05) is 6.54 Å². The normalized spacial score (nSPS) is 12.1. The van der Waals surface area contributed by atoms with Gasteiger partial charge >= 0.3 is 0 Å². The van der Waals surface area contributed by atoms with E-state index in [-0.39, 0.29) is 17.8 Å². The Hall–Kier alpha value is -3.54. The molecule has 0 N–H and O–H groups in total. The molecule has 1 amide bonds. The van der Waals surface area contributed by atoms with Crippen molar-refractivity contribution in [2.45, 2.75) is 26.4 Å². The first kappa shape index (κ1) is 19.8. The number of pyridine rings is 1. The van der Waals surface area contributed by atoms with E-state index in [9.17, 15) is 9.18 Å². The molecule has 0 aliphatic heterocycles. The van der Waals surface area contributed by atoms with Gasteiger partial charge < -0.3 is 4.90 Å². The van der Waals surface area contributed by atoms with Crippen molar-refractivity contribution >= 4 is 16.9 Å². The highest BCUT2D eigenvalue weighted by molar-refractivity contribution is 5.97. The number of hydrogen-bond acceptors (Lipinski definition) is 3. The molecule has 2 aromatic carbocycles. The standard InChI is InChI=1S/C24H23FN4O/c1-3-28(17(2)19-9-11-22(25)12-10-19)24(30)21-13-20-15-27-29(23(20)26-14-21)16-18-7-5-4-6-8-18/h4-15,17H,3,16H2,1-2H3. The first-order valence-electron chi connectivity index (χ1n) is 9.98. The zero-order chi connectivity index (χ0) is 21.1. The zero-order valence-corrected chi connectivity index (χ0v) is 17.0. The highest BCUT2D eigenvalue weighted by Gasteiger charge is 2.22. The van der Waals surface area contributed by atoms with Crippen LogP contribution in [0.5, 0.6) is 0 Å². The van der Waals surface area contributed by atoms with Crippen LogP contribution in [0.1, 0.15) is 41.4 Å². The number of carbonyl (C=O) groups excluding carboxylic acids is 1. The van der Waals surface area contributed by atoms with Gasteiger partial charge in [0.25, 0.3) is 5.91 Å². The third kappa shape index (κ3) is 3.94. The molecule has 0 aliphatic carbocycles. The Bertz CT molecular complexity index is 1160. The number of rotatable bonds is 6. The highest BCUT2D eigenvalue weighted by atomic mass is 19.1. The molecule has 0 bridgehead atoms. The van der Waals surface area contributed by atoms with Gasteiger partial charge in [0.05, 0.1) is 24.3 Å². The zero-order valence-electron chi connectivity index (χ0n) is 17.0. The molecule has 152 valence electrons. The molecule has 0 radical (unpaired) electrons. The average molecular weight is 402 g/mol. The van der Waals surface area contributed by atoms with Gasteiger partial charge in [-0.3, -0.25) is 4.79 Å². The van der Waals surface area contributed by atoms with Crippen molar-refractivity contribution in [3.05, 3.63) is 95.6 Å². The predicted molar refractivity (Wildman–Crippen MR) is 115 cm³/mol. The van der Waals surface area contributed by atoms with Gasteiger partial charge in [-0.05, 0) is 43.2 Å². The summed E-state index contributed by atoms with van der Waals surface area (Å²) < 4.78 is 15.1. The summed E-state index contributed by atoms with van der Waals surface area (Å²) in [5.74, 6) is -0.401. The van der Waals surface area contributed by atoms with Crippen molar-refractivity contribution < 1.29 is 9.18 Å². The topological polar surface area (TPSA) is 51.0 Å². The summed E-state index contributed by atoms with van der Waals surface area (Å²) in [6.45, 7) is 5.02. The predicted octanol–water partition coefficient (Wildman–Crippen LogP) is 4.84. The summed E-state index contributed by atoms with van der Waals surface area (Å²) in [6, 6.07) is 18.0. The van der Waals surface area contributed by atoms with Crippen LogP contribution >= 0.6 is 0 Å². The quantitative estimate of drug-likeness (QED) is 0.464. The summed E-state index contributed by atoms with van der Waals surface area (Å²) in [4.78, 5) is 19.5. The van der Waals surface area contributed by atoms with Crippen LogP contribution in [0.2, 0.25) is 0 Å². The lowest BCUT2D eigenvalue weighted by atomic mass is 10.1. The lowest BCUT2D eigenvalue weighted by molar-refractivity contribution is 0.0702. The largest absolute Gasteiger partial charge is 0.332 e. The molecule has 4 rings (SSSR count). The minimum Gasteiger partial charge on any atom is -0.332 e. The third-order valence-corrected chi connectivity index (χ3v) is 5.32.